The molecule has 35 heavy (non-hydrogen) atoms. The van der Waals surface area contributed by atoms with Crippen LogP contribution in [0.5, 0.6) is 0 Å². The van der Waals surface area contributed by atoms with Gasteiger partial charge in [-0.2, -0.15) is 22.7 Å². The summed E-state index contributed by atoms with van der Waals surface area (Å²) in [6.45, 7) is 5.06. The fourth-order valence-electron chi connectivity index (χ4n) is 3.74. The van der Waals surface area contributed by atoms with Crippen molar-refractivity contribution in [3.05, 3.63) is 53.6 Å². The van der Waals surface area contributed by atoms with Gasteiger partial charge in [-0.1, -0.05) is 0 Å². The smallest absolute Gasteiger partial charge is 0.272 e. The number of nitrogens with one attached hydrogen (secondary N) is 2. The van der Waals surface area contributed by atoms with Gasteiger partial charge < -0.3 is 25.1 Å². The van der Waals surface area contributed by atoms with Crippen LogP contribution in [0.4, 0.5) is 22.0 Å². The molecule has 3 heterocycles. The predicted molar refractivity (Wildman–Crippen MR) is 123 cm³/mol. The van der Waals surface area contributed by atoms with E-state index in [1.165, 1.54) is 7.05 Å². The molecule has 3 aromatic rings. The SMILES string of the molecule is CNC(=O)c1nnc(Nc2nc(N3CC(C)OC(C)C3)ncc2F)cc1-c1ccc([C-]=O)cc1.[Fm]. The first-order valence-corrected chi connectivity index (χ1v) is 10.7. The number of benzene rings is 1. The molecular formula is C23H23FFmN7O3-. The molecule has 1 aliphatic rings. The fraction of sp³-hybridized carbons (Fsp3) is 0.304. The number of hydrogen-bond acceptors (Lipinski definition) is 9. The van der Waals surface area contributed by atoms with Gasteiger partial charge in [0.15, 0.2) is 23.1 Å². The summed E-state index contributed by atoms with van der Waals surface area (Å²) < 4.78 is 20.3. The minimum atomic E-state index is -0.664. The number of anilines is 3. The Hall–Kier alpha value is -4.99. The van der Waals surface area contributed by atoms with Crippen molar-refractivity contribution in [1.29, 1.82) is 0 Å². The fourth-order valence-corrected chi connectivity index (χ4v) is 3.74. The third-order valence-corrected chi connectivity index (χ3v) is 5.23. The molecular weight excluding hydrogens is 698 g/mol. The van der Waals surface area contributed by atoms with Crippen LogP contribution < -0.4 is 15.5 Å². The van der Waals surface area contributed by atoms with Gasteiger partial charge in [0.2, 0.25) is 5.95 Å². The molecule has 10 nitrogen and oxygen atoms in total. The maximum atomic E-state index is 14.6. The molecule has 1 saturated heterocycles. The van der Waals surface area contributed by atoms with Crippen LogP contribution in [0.15, 0.2) is 36.5 Å². The van der Waals surface area contributed by atoms with E-state index in [0.29, 0.717) is 35.7 Å². The van der Waals surface area contributed by atoms with Crippen molar-refractivity contribution in [2.75, 3.05) is 30.4 Å². The van der Waals surface area contributed by atoms with Crippen molar-refractivity contribution in [2.45, 2.75) is 26.1 Å². The molecule has 188 valence electrons. The molecule has 0 spiro atoms. The van der Waals surface area contributed by atoms with Crippen LogP contribution in [0.1, 0.15) is 29.9 Å². The van der Waals surface area contributed by atoms with Crippen molar-refractivity contribution >= 4 is 29.8 Å². The normalized spacial score (nSPS) is 17.3. The van der Waals surface area contributed by atoms with Crippen LogP contribution in [0, 0.1) is 5.82 Å². The average molecular weight is 721 g/mol. The largest absolute Gasteiger partial charge is 0.376 e. The number of halogens is 1. The van der Waals surface area contributed by atoms with E-state index in [-0.39, 0.29) is 29.5 Å². The zero-order chi connectivity index (χ0) is 24.2. The summed E-state index contributed by atoms with van der Waals surface area (Å²) in [6, 6.07) is 8.04. The summed E-state index contributed by atoms with van der Waals surface area (Å²) in [4.78, 5) is 33.6. The molecule has 2 aromatic heterocycles. The quantitative estimate of drug-likeness (QED) is 0.370. The first-order chi connectivity index (χ1) is 16.4. The van der Waals surface area contributed by atoms with Gasteiger partial charge in [0.05, 0.1) is 24.7 Å². The van der Waals surface area contributed by atoms with Gasteiger partial charge in [-0.25, -0.2) is 9.37 Å². The van der Waals surface area contributed by atoms with Crippen LogP contribution in [0.25, 0.3) is 11.1 Å². The van der Waals surface area contributed by atoms with Gasteiger partial charge in [0.1, 0.15) is 0 Å². The van der Waals surface area contributed by atoms with E-state index in [2.05, 4.69) is 30.8 Å². The number of morpholine rings is 1. The number of hydrogen-bond donors (Lipinski definition) is 2. The Balaban J connectivity index is 0.00000342. The monoisotopic (exact) mass is 721 g/mol. The summed E-state index contributed by atoms with van der Waals surface area (Å²) in [7, 11) is 1.48. The number of aromatic nitrogens is 4. The van der Waals surface area contributed by atoms with Crippen molar-refractivity contribution in [1.82, 2.24) is 25.5 Å². The molecule has 1 fully saturated rings. The standard InChI is InChI=1S/C23H23FN7O3.Fm/c1-13-10-31(11-14(2)34-13)23-26-9-18(24)21(28-23)27-19-8-17(20(30-29-19)22(33)25-3)16-6-4-15(12-32)5-7-16;/h4-9,13-14H,10-11H2,1-3H3,(H,25,33)(H,26,27,28,29);/q-1;. The average Bonchev–Trinajstić information content (AvgIpc) is 2.84. The number of amides is 1. The van der Waals surface area contributed by atoms with Gasteiger partial charge in [-0.05, 0) is 25.5 Å². The van der Waals surface area contributed by atoms with Gasteiger partial charge in [-0.3, -0.25) is 4.79 Å². The van der Waals surface area contributed by atoms with Crippen LogP contribution in [0.3, 0.4) is 0 Å². The molecule has 0 aliphatic carbocycles. The van der Waals surface area contributed by atoms with Crippen LogP contribution in [0.2, 0.25) is 0 Å². The van der Waals surface area contributed by atoms with Crippen LogP contribution in [-0.4, -0.2) is 64.7 Å². The van der Waals surface area contributed by atoms with E-state index in [4.69, 9.17) is 4.74 Å². The number of rotatable bonds is 6. The maximum Gasteiger partial charge on any atom is 0.272 e. The Bertz CT molecular complexity index is 1200. The van der Waals surface area contributed by atoms with Crippen molar-refractivity contribution in [3.63, 3.8) is 0 Å². The zero-order valence-electron chi connectivity index (χ0n) is 19.2. The Morgan fingerprint density at radius 2 is 1.86 bits per heavy atom. The molecule has 4 rings (SSSR count). The molecule has 12 heteroatoms. The van der Waals surface area contributed by atoms with Crippen molar-refractivity contribution < 1.29 is 18.7 Å². The molecule has 2 N–H and O–H groups in total. The molecule has 0 bridgehead atoms. The van der Waals surface area contributed by atoms with E-state index >= 15 is 0 Å². The molecule has 0 radical (unpaired) electrons. The van der Waals surface area contributed by atoms with Crippen LogP contribution in [-0.2, 0) is 9.53 Å². The Morgan fingerprint density at radius 3 is 2.49 bits per heavy atom. The second-order valence-corrected chi connectivity index (χ2v) is 7.90. The minimum Gasteiger partial charge on any atom is -0.376 e. The second-order valence-electron chi connectivity index (χ2n) is 7.90. The molecule has 1 aromatic carbocycles. The Morgan fingerprint density at radius 1 is 1.17 bits per heavy atom. The van der Waals surface area contributed by atoms with E-state index in [1.807, 2.05) is 18.7 Å². The topological polar surface area (TPSA) is 122 Å². The first-order valence-electron chi connectivity index (χ1n) is 10.7. The van der Waals surface area contributed by atoms with E-state index < -0.39 is 11.7 Å². The van der Waals surface area contributed by atoms with Crippen molar-refractivity contribution in [2.24, 2.45) is 0 Å². The molecule has 2 atom stereocenters. The van der Waals surface area contributed by atoms with Crippen LogP contribution >= 0.6 is 0 Å². The number of carbonyl (C=O) groups excluding carboxylic acids is 2. The molecule has 0 saturated carbocycles. The Labute approximate surface area is 195 Å². The summed E-state index contributed by atoms with van der Waals surface area (Å²) >= 11 is 0. The number of carbonyl (C=O) groups is 1. The molecule has 1 aliphatic heterocycles. The number of nitrogens with zero attached hydrogens (tertiary/aromatic N) is 5. The van der Waals surface area contributed by atoms with Gasteiger partial charge in [0, 0.05) is 25.7 Å². The predicted octanol–water partition coefficient (Wildman–Crippen LogP) is 2.25. The second kappa shape index (κ2) is 10.3. The number of ether oxygens (including phenoxy) is 1. The molecule has 2 unspecified atom stereocenters. The van der Waals surface area contributed by atoms with Gasteiger partial charge >= 0.3 is 0 Å². The van der Waals surface area contributed by atoms with Gasteiger partial charge in [-0.15, -0.1) is 22.3 Å². The van der Waals surface area contributed by atoms with E-state index in [9.17, 15) is 14.0 Å². The zero-order valence-corrected chi connectivity index (χ0v) is 21.6. The van der Waals surface area contributed by atoms with E-state index in [1.54, 1.807) is 36.6 Å². The summed E-state index contributed by atoms with van der Waals surface area (Å²) in [6.07, 6.45) is 2.88. The third kappa shape index (κ3) is 5.33. The Kier molecular flexibility index (Phi) is 7.25. The first kappa shape index (κ1) is 24.6. The summed E-state index contributed by atoms with van der Waals surface area (Å²) in [5, 5.41) is 13.4. The minimum absolute atomic E-state index is 0. The van der Waals surface area contributed by atoms with Crippen molar-refractivity contribution in [3.8, 4) is 11.1 Å². The van der Waals surface area contributed by atoms with Gasteiger partial charge in [0.25, 0.3) is 5.91 Å². The summed E-state index contributed by atoms with van der Waals surface area (Å²) in [5.41, 5.74) is 1.51. The van der Waals surface area contributed by atoms with E-state index in [0.717, 1.165) is 6.20 Å². The third-order valence-electron chi connectivity index (χ3n) is 5.23. The molecule has 1 amide bonds. The maximum absolute atomic E-state index is 14.6. The summed E-state index contributed by atoms with van der Waals surface area (Å²) in [5.74, 6) is -0.632.